The fourth-order valence-electron chi connectivity index (χ4n) is 2.85. The van der Waals surface area contributed by atoms with Gasteiger partial charge in [0.25, 0.3) is 5.91 Å². The van der Waals surface area contributed by atoms with Crippen molar-refractivity contribution in [1.82, 2.24) is 5.32 Å². The minimum Gasteiger partial charge on any atom is -0.457 e. The molecule has 118 valence electrons. The smallest absolute Gasteiger partial charge is 0.338 e. The minimum absolute atomic E-state index is 0.127. The molecular formula is C19H19NO3. The topological polar surface area (TPSA) is 55.4 Å². The summed E-state index contributed by atoms with van der Waals surface area (Å²) in [5.41, 5.74) is 1.15. The van der Waals surface area contributed by atoms with E-state index < -0.39 is 0 Å². The molecule has 1 saturated carbocycles. The number of rotatable bonds is 4. The summed E-state index contributed by atoms with van der Waals surface area (Å²) in [6.07, 6.45) is 2.27. The second kappa shape index (κ2) is 7.09. The first kappa shape index (κ1) is 15.3. The molecule has 1 aliphatic carbocycles. The van der Waals surface area contributed by atoms with Crippen LogP contribution in [0.1, 0.15) is 40.0 Å². The van der Waals surface area contributed by atoms with E-state index in [4.69, 9.17) is 4.74 Å². The van der Waals surface area contributed by atoms with Crippen molar-refractivity contribution < 1.29 is 14.3 Å². The summed E-state index contributed by atoms with van der Waals surface area (Å²) in [4.78, 5) is 24.4. The number of ether oxygens (including phenoxy) is 1. The van der Waals surface area contributed by atoms with Crippen LogP contribution in [-0.4, -0.2) is 24.0 Å². The quantitative estimate of drug-likeness (QED) is 0.882. The molecule has 3 rings (SSSR count). The van der Waals surface area contributed by atoms with Gasteiger partial charge in [0.2, 0.25) is 0 Å². The molecule has 0 bridgehead atoms. The molecule has 0 aliphatic heterocycles. The minimum atomic E-state index is -0.337. The van der Waals surface area contributed by atoms with E-state index in [9.17, 15) is 9.59 Å². The van der Waals surface area contributed by atoms with Crippen LogP contribution in [-0.2, 0) is 4.74 Å². The van der Waals surface area contributed by atoms with Crippen molar-refractivity contribution in [3.05, 3.63) is 71.8 Å². The highest BCUT2D eigenvalue weighted by Gasteiger charge is 2.32. The summed E-state index contributed by atoms with van der Waals surface area (Å²) in [5.74, 6) is -0.463. The third-order valence-electron chi connectivity index (χ3n) is 4.07. The first-order valence-electron chi connectivity index (χ1n) is 7.86. The summed E-state index contributed by atoms with van der Waals surface area (Å²) in [7, 11) is 0. The predicted molar refractivity (Wildman–Crippen MR) is 87.2 cm³/mol. The lowest BCUT2D eigenvalue weighted by Gasteiger charge is -2.21. The third-order valence-corrected chi connectivity index (χ3v) is 4.07. The van der Waals surface area contributed by atoms with Crippen molar-refractivity contribution in [3.63, 3.8) is 0 Å². The van der Waals surface area contributed by atoms with Gasteiger partial charge in [0, 0.05) is 5.56 Å². The van der Waals surface area contributed by atoms with Crippen LogP contribution in [0.5, 0.6) is 0 Å². The van der Waals surface area contributed by atoms with Crippen LogP contribution in [0.4, 0.5) is 0 Å². The van der Waals surface area contributed by atoms with E-state index in [1.807, 2.05) is 24.3 Å². The lowest BCUT2D eigenvalue weighted by molar-refractivity contribution is 0.0250. The van der Waals surface area contributed by atoms with Gasteiger partial charge >= 0.3 is 5.97 Å². The Bertz CT molecular complexity index is 610. The fraction of sp³-hybridized carbons (Fsp3) is 0.263. The molecule has 1 unspecified atom stereocenters. The van der Waals surface area contributed by atoms with Gasteiger partial charge < -0.3 is 10.1 Å². The van der Waals surface area contributed by atoms with Gasteiger partial charge in [-0.3, -0.25) is 4.79 Å². The molecule has 0 heterocycles. The largest absolute Gasteiger partial charge is 0.457 e. The van der Waals surface area contributed by atoms with Crippen LogP contribution in [0.15, 0.2) is 60.7 Å². The molecule has 1 N–H and O–H groups in total. The second-order valence-electron chi connectivity index (χ2n) is 5.69. The molecule has 2 atom stereocenters. The Morgan fingerprint density at radius 2 is 1.48 bits per heavy atom. The van der Waals surface area contributed by atoms with Crippen LogP contribution < -0.4 is 5.32 Å². The summed E-state index contributed by atoms with van der Waals surface area (Å²) in [5, 5.41) is 2.99. The zero-order valence-electron chi connectivity index (χ0n) is 12.8. The molecule has 1 fully saturated rings. The van der Waals surface area contributed by atoms with Crippen LogP contribution >= 0.6 is 0 Å². The molecule has 0 spiro atoms. The maximum Gasteiger partial charge on any atom is 0.338 e. The highest BCUT2D eigenvalue weighted by Crippen LogP contribution is 2.23. The Hall–Kier alpha value is -2.62. The van der Waals surface area contributed by atoms with E-state index in [-0.39, 0.29) is 24.0 Å². The molecule has 2 aromatic carbocycles. The average Bonchev–Trinajstić information content (AvgIpc) is 3.03. The maximum absolute atomic E-state index is 12.3. The monoisotopic (exact) mass is 309 g/mol. The number of esters is 1. The Labute approximate surface area is 135 Å². The van der Waals surface area contributed by atoms with Gasteiger partial charge in [0.05, 0.1) is 11.6 Å². The van der Waals surface area contributed by atoms with Crippen molar-refractivity contribution in [3.8, 4) is 0 Å². The summed E-state index contributed by atoms with van der Waals surface area (Å²) in [6, 6.07) is 17.9. The highest BCUT2D eigenvalue weighted by molar-refractivity contribution is 5.94. The molecule has 0 radical (unpaired) electrons. The summed E-state index contributed by atoms with van der Waals surface area (Å²) >= 11 is 0. The SMILES string of the molecule is O=C(NC1CCC[C@H]1OC(=O)c1ccccc1)c1ccccc1. The molecule has 1 amide bonds. The molecule has 4 heteroatoms. The van der Waals surface area contributed by atoms with Gasteiger partial charge in [-0.1, -0.05) is 36.4 Å². The molecule has 0 saturated heterocycles. The summed E-state index contributed by atoms with van der Waals surface area (Å²) < 4.78 is 5.59. The Balaban J connectivity index is 1.62. The number of carbonyl (C=O) groups excluding carboxylic acids is 2. The van der Waals surface area contributed by atoms with Crippen LogP contribution in [0, 0.1) is 0 Å². The molecule has 0 aromatic heterocycles. The Kier molecular flexibility index (Phi) is 4.71. The second-order valence-corrected chi connectivity index (χ2v) is 5.69. The van der Waals surface area contributed by atoms with Crippen molar-refractivity contribution in [2.45, 2.75) is 31.4 Å². The van der Waals surface area contributed by atoms with Crippen molar-refractivity contribution in [2.24, 2.45) is 0 Å². The van der Waals surface area contributed by atoms with Crippen molar-refractivity contribution >= 4 is 11.9 Å². The lowest BCUT2D eigenvalue weighted by Crippen LogP contribution is -2.41. The van der Waals surface area contributed by atoms with E-state index in [0.29, 0.717) is 11.1 Å². The lowest BCUT2D eigenvalue weighted by atomic mass is 10.1. The van der Waals surface area contributed by atoms with Gasteiger partial charge in [0.15, 0.2) is 0 Å². The van der Waals surface area contributed by atoms with Crippen molar-refractivity contribution in [2.75, 3.05) is 0 Å². The number of hydrogen-bond donors (Lipinski definition) is 1. The summed E-state index contributed by atoms with van der Waals surface area (Å²) in [6.45, 7) is 0. The number of nitrogens with one attached hydrogen (secondary N) is 1. The number of hydrogen-bond acceptors (Lipinski definition) is 3. The van der Waals surface area contributed by atoms with Gasteiger partial charge in [-0.2, -0.15) is 0 Å². The molecule has 23 heavy (non-hydrogen) atoms. The molecular weight excluding hydrogens is 290 g/mol. The first-order chi connectivity index (χ1) is 11.2. The predicted octanol–water partition coefficient (Wildman–Crippen LogP) is 3.19. The van der Waals surface area contributed by atoms with Crippen LogP contribution in [0.25, 0.3) is 0 Å². The maximum atomic E-state index is 12.3. The molecule has 1 aliphatic rings. The standard InChI is InChI=1S/C19H19NO3/c21-18(14-8-3-1-4-9-14)20-16-12-7-13-17(16)23-19(22)15-10-5-2-6-11-15/h1-6,8-11,16-17H,7,12-13H2,(H,20,21)/t16?,17-/m1/s1. The number of amides is 1. The van der Waals surface area contributed by atoms with Gasteiger partial charge in [0.1, 0.15) is 6.10 Å². The van der Waals surface area contributed by atoms with Gasteiger partial charge in [-0.25, -0.2) is 4.79 Å². The van der Waals surface area contributed by atoms with Crippen LogP contribution in [0.2, 0.25) is 0 Å². The molecule has 2 aromatic rings. The third kappa shape index (κ3) is 3.77. The van der Waals surface area contributed by atoms with Crippen LogP contribution in [0.3, 0.4) is 0 Å². The molecule has 4 nitrogen and oxygen atoms in total. The van der Waals surface area contributed by atoms with E-state index >= 15 is 0 Å². The normalized spacial score (nSPS) is 20.0. The zero-order valence-corrected chi connectivity index (χ0v) is 12.8. The zero-order chi connectivity index (χ0) is 16.1. The van der Waals surface area contributed by atoms with E-state index in [1.54, 1.807) is 36.4 Å². The van der Waals surface area contributed by atoms with E-state index in [1.165, 1.54) is 0 Å². The van der Waals surface area contributed by atoms with Crippen molar-refractivity contribution in [1.29, 1.82) is 0 Å². The number of carbonyl (C=O) groups is 2. The van der Waals surface area contributed by atoms with Gasteiger partial charge in [-0.05, 0) is 43.5 Å². The van der Waals surface area contributed by atoms with Gasteiger partial charge in [-0.15, -0.1) is 0 Å². The fourth-order valence-corrected chi connectivity index (χ4v) is 2.85. The Morgan fingerprint density at radius 1 is 0.870 bits per heavy atom. The Morgan fingerprint density at radius 3 is 2.13 bits per heavy atom. The first-order valence-corrected chi connectivity index (χ1v) is 7.86. The van der Waals surface area contributed by atoms with E-state index in [0.717, 1.165) is 19.3 Å². The average molecular weight is 309 g/mol. The van der Waals surface area contributed by atoms with E-state index in [2.05, 4.69) is 5.32 Å². The number of benzene rings is 2. The highest BCUT2D eigenvalue weighted by atomic mass is 16.5.